The van der Waals surface area contributed by atoms with Crippen LogP contribution in [0.3, 0.4) is 0 Å². The lowest BCUT2D eigenvalue weighted by atomic mass is 9.84. The number of carbonyl (C=O) groups excluding carboxylic acids is 1. The molecule has 1 N–H and O–H groups in total. The molecule has 2 saturated carbocycles. The molecular formula is C16H23NOS. The van der Waals surface area contributed by atoms with Crippen LogP contribution in [-0.2, 0) is 6.42 Å². The quantitative estimate of drug-likeness (QED) is 0.889. The van der Waals surface area contributed by atoms with Crippen molar-refractivity contribution in [1.82, 2.24) is 5.32 Å². The lowest BCUT2D eigenvalue weighted by Crippen LogP contribution is -2.39. The van der Waals surface area contributed by atoms with E-state index < -0.39 is 0 Å². The molecule has 3 heteroatoms. The first-order chi connectivity index (χ1) is 9.17. The summed E-state index contributed by atoms with van der Waals surface area (Å²) in [7, 11) is 0. The minimum Gasteiger partial charge on any atom is -0.349 e. The molecule has 0 aliphatic heterocycles. The summed E-state index contributed by atoms with van der Waals surface area (Å²) in [5.41, 5.74) is 0. The molecule has 2 nitrogen and oxygen atoms in total. The third-order valence-electron chi connectivity index (χ3n) is 5.03. The predicted octanol–water partition coefficient (Wildman–Crippen LogP) is 3.87. The first kappa shape index (κ1) is 13.2. The average molecular weight is 277 g/mol. The Morgan fingerprint density at radius 2 is 2.26 bits per heavy atom. The van der Waals surface area contributed by atoms with Gasteiger partial charge in [-0.2, -0.15) is 0 Å². The van der Waals surface area contributed by atoms with Crippen LogP contribution in [-0.4, -0.2) is 11.9 Å². The minimum atomic E-state index is 0.125. The lowest BCUT2D eigenvalue weighted by Gasteiger charge is -2.28. The van der Waals surface area contributed by atoms with E-state index in [0.29, 0.717) is 12.0 Å². The van der Waals surface area contributed by atoms with Crippen LogP contribution in [0.4, 0.5) is 0 Å². The Kier molecular flexibility index (Phi) is 3.66. The van der Waals surface area contributed by atoms with Gasteiger partial charge in [-0.1, -0.05) is 13.3 Å². The van der Waals surface area contributed by atoms with Crippen molar-refractivity contribution in [2.24, 2.45) is 17.8 Å². The summed E-state index contributed by atoms with van der Waals surface area (Å²) in [6.45, 7) is 4.32. The molecule has 2 fully saturated rings. The van der Waals surface area contributed by atoms with E-state index in [1.165, 1.54) is 30.6 Å². The Morgan fingerprint density at radius 1 is 1.42 bits per heavy atom. The SMILES string of the molecule is CCc1ccc(C(=O)N[C@H](C)[C@H]2C[C@@H]3CC[C@@H]2C3)s1. The van der Waals surface area contributed by atoms with Gasteiger partial charge in [0.15, 0.2) is 0 Å². The number of hydrogen-bond acceptors (Lipinski definition) is 2. The van der Waals surface area contributed by atoms with E-state index in [4.69, 9.17) is 0 Å². The van der Waals surface area contributed by atoms with Crippen molar-refractivity contribution in [2.45, 2.75) is 52.0 Å². The molecule has 0 saturated heterocycles. The van der Waals surface area contributed by atoms with Crippen molar-refractivity contribution in [2.75, 3.05) is 0 Å². The minimum absolute atomic E-state index is 0.125. The van der Waals surface area contributed by atoms with Gasteiger partial charge in [-0.15, -0.1) is 11.3 Å². The highest BCUT2D eigenvalue weighted by Crippen LogP contribution is 2.49. The van der Waals surface area contributed by atoms with E-state index in [1.54, 1.807) is 11.3 Å². The summed E-state index contributed by atoms with van der Waals surface area (Å²) in [4.78, 5) is 14.4. The van der Waals surface area contributed by atoms with Gasteiger partial charge in [0.05, 0.1) is 4.88 Å². The van der Waals surface area contributed by atoms with E-state index in [-0.39, 0.29) is 5.91 Å². The van der Waals surface area contributed by atoms with Gasteiger partial charge < -0.3 is 5.32 Å². The Bertz CT molecular complexity index is 467. The number of aryl methyl sites for hydroxylation is 1. The van der Waals surface area contributed by atoms with Crippen LogP contribution >= 0.6 is 11.3 Å². The molecule has 1 aromatic heterocycles. The number of fused-ring (bicyclic) bond motifs is 2. The summed E-state index contributed by atoms with van der Waals surface area (Å²) in [6.07, 6.45) is 6.56. The van der Waals surface area contributed by atoms with Crippen LogP contribution in [0.2, 0.25) is 0 Å². The van der Waals surface area contributed by atoms with Gasteiger partial charge in [-0.05, 0) is 62.5 Å². The fourth-order valence-corrected chi connectivity index (χ4v) is 4.83. The summed E-state index contributed by atoms with van der Waals surface area (Å²) >= 11 is 1.63. The maximum absolute atomic E-state index is 12.2. The number of nitrogens with one attached hydrogen (secondary N) is 1. The highest BCUT2D eigenvalue weighted by molar-refractivity contribution is 7.14. The fraction of sp³-hybridized carbons (Fsp3) is 0.688. The summed E-state index contributed by atoms with van der Waals surface area (Å²) in [6, 6.07) is 4.36. The Morgan fingerprint density at radius 3 is 2.84 bits per heavy atom. The van der Waals surface area contributed by atoms with Crippen LogP contribution in [0.25, 0.3) is 0 Å². The van der Waals surface area contributed by atoms with Crippen LogP contribution < -0.4 is 5.32 Å². The van der Waals surface area contributed by atoms with Gasteiger partial charge in [0.25, 0.3) is 5.91 Å². The maximum atomic E-state index is 12.2. The van der Waals surface area contributed by atoms with E-state index >= 15 is 0 Å². The van der Waals surface area contributed by atoms with Gasteiger partial charge >= 0.3 is 0 Å². The standard InChI is InChI=1S/C16H23NOS/c1-3-13-6-7-15(19-13)16(18)17-10(2)14-9-11-4-5-12(14)8-11/h6-7,10-12,14H,3-5,8-9H2,1-2H3,(H,17,18)/t10-,11-,12-,14-/m1/s1. The molecule has 2 aliphatic carbocycles. The summed E-state index contributed by atoms with van der Waals surface area (Å²) in [5.74, 6) is 2.66. The Balaban J connectivity index is 1.60. The largest absolute Gasteiger partial charge is 0.349 e. The van der Waals surface area contributed by atoms with Gasteiger partial charge in [0.1, 0.15) is 0 Å². The van der Waals surface area contributed by atoms with Crippen LogP contribution in [0.15, 0.2) is 12.1 Å². The van der Waals surface area contributed by atoms with Gasteiger partial charge in [-0.3, -0.25) is 4.79 Å². The van der Waals surface area contributed by atoms with Crippen molar-refractivity contribution in [3.05, 3.63) is 21.9 Å². The summed E-state index contributed by atoms with van der Waals surface area (Å²) < 4.78 is 0. The Labute approximate surface area is 119 Å². The second-order valence-electron chi connectivity index (χ2n) is 6.22. The van der Waals surface area contributed by atoms with Crippen molar-refractivity contribution < 1.29 is 4.79 Å². The zero-order chi connectivity index (χ0) is 13.4. The average Bonchev–Trinajstić information content (AvgIpc) is 3.13. The third-order valence-corrected chi connectivity index (χ3v) is 6.26. The molecule has 3 rings (SSSR count). The predicted molar refractivity (Wildman–Crippen MR) is 79.6 cm³/mol. The molecule has 2 bridgehead atoms. The second kappa shape index (κ2) is 5.28. The molecule has 0 unspecified atom stereocenters. The number of thiophene rings is 1. The molecule has 0 radical (unpaired) electrons. The maximum Gasteiger partial charge on any atom is 0.261 e. The van der Waals surface area contributed by atoms with E-state index in [2.05, 4.69) is 25.2 Å². The monoisotopic (exact) mass is 277 g/mol. The molecule has 1 aromatic rings. The zero-order valence-corrected chi connectivity index (χ0v) is 12.6. The molecule has 1 heterocycles. The first-order valence-corrected chi connectivity index (χ1v) is 8.38. The highest BCUT2D eigenvalue weighted by atomic mass is 32.1. The molecule has 19 heavy (non-hydrogen) atoms. The third kappa shape index (κ3) is 2.58. The molecular weight excluding hydrogens is 254 g/mol. The smallest absolute Gasteiger partial charge is 0.261 e. The normalized spacial score (nSPS) is 30.5. The van der Waals surface area contributed by atoms with Crippen LogP contribution in [0, 0.1) is 17.8 Å². The van der Waals surface area contributed by atoms with Crippen molar-refractivity contribution in [3.63, 3.8) is 0 Å². The van der Waals surface area contributed by atoms with E-state index in [0.717, 1.165) is 23.1 Å². The van der Waals surface area contributed by atoms with Crippen molar-refractivity contribution in [3.8, 4) is 0 Å². The topological polar surface area (TPSA) is 29.1 Å². The number of amides is 1. The van der Waals surface area contributed by atoms with Crippen molar-refractivity contribution in [1.29, 1.82) is 0 Å². The first-order valence-electron chi connectivity index (χ1n) is 7.57. The Hall–Kier alpha value is -0.830. The zero-order valence-electron chi connectivity index (χ0n) is 11.8. The summed E-state index contributed by atoms with van der Waals surface area (Å²) in [5, 5.41) is 3.23. The molecule has 0 spiro atoms. The number of hydrogen-bond donors (Lipinski definition) is 1. The number of rotatable bonds is 4. The van der Waals surface area contributed by atoms with Gasteiger partial charge in [0.2, 0.25) is 0 Å². The van der Waals surface area contributed by atoms with Gasteiger partial charge in [-0.25, -0.2) is 0 Å². The van der Waals surface area contributed by atoms with Crippen molar-refractivity contribution >= 4 is 17.2 Å². The van der Waals surface area contributed by atoms with Crippen LogP contribution in [0.5, 0.6) is 0 Å². The molecule has 2 aliphatic rings. The lowest BCUT2D eigenvalue weighted by molar-refractivity contribution is 0.0919. The highest BCUT2D eigenvalue weighted by Gasteiger charge is 2.42. The van der Waals surface area contributed by atoms with E-state index in [1.807, 2.05) is 6.07 Å². The second-order valence-corrected chi connectivity index (χ2v) is 7.39. The van der Waals surface area contributed by atoms with E-state index in [9.17, 15) is 4.79 Å². The van der Waals surface area contributed by atoms with Gasteiger partial charge in [0, 0.05) is 10.9 Å². The van der Waals surface area contributed by atoms with Crippen LogP contribution in [0.1, 0.15) is 54.1 Å². The molecule has 104 valence electrons. The molecule has 1 amide bonds. The molecule has 0 aromatic carbocycles. The fourth-order valence-electron chi connectivity index (χ4n) is 3.98. The molecule has 4 atom stereocenters. The number of carbonyl (C=O) groups is 1.